The second-order valence-electron chi connectivity index (χ2n) is 6.69. The lowest BCUT2D eigenvalue weighted by Gasteiger charge is -2.06. The molecule has 1 saturated carbocycles. The van der Waals surface area contributed by atoms with E-state index in [1.807, 2.05) is 46.5 Å². The largest absolute Gasteiger partial charge is 0.612 e. The Morgan fingerprint density at radius 2 is 2.12 bits per heavy atom. The lowest BCUT2D eigenvalue weighted by atomic mass is 10.1. The molecule has 1 N–H and O–H groups in total. The molecule has 1 atom stereocenters. The smallest absolute Gasteiger partial charge is 0.167 e. The van der Waals surface area contributed by atoms with E-state index >= 15 is 0 Å². The van der Waals surface area contributed by atoms with E-state index in [2.05, 4.69) is 10.3 Å². The topological polar surface area (TPSA) is 83.1 Å². The maximum absolute atomic E-state index is 11.8. The third-order valence-electron chi connectivity index (χ3n) is 4.63. The van der Waals surface area contributed by atoms with Gasteiger partial charge in [0.15, 0.2) is 27.5 Å². The van der Waals surface area contributed by atoms with E-state index in [1.165, 1.54) is 12.8 Å². The number of nitrogens with zero attached hydrogens (tertiary/aromatic N) is 5. The summed E-state index contributed by atoms with van der Waals surface area (Å²) in [5.74, 6) is 0.811. The molecule has 4 aromatic rings. The number of benzene rings is 1. The number of aryl methyl sites for hydroxylation is 1. The van der Waals surface area contributed by atoms with Crippen LogP contribution in [-0.4, -0.2) is 41.0 Å². The van der Waals surface area contributed by atoms with Gasteiger partial charge in [0.1, 0.15) is 6.26 Å². The molecule has 5 rings (SSSR count). The van der Waals surface area contributed by atoms with Gasteiger partial charge in [-0.25, -0.2) is 9.97 Å². The Bertz CT molecular complexity index is 1130. The van der Waals surface area contributed by atoms with Crippen molar-refractivity contribution < 1.29 is 4.55 Å². The van der Waals surface area contributed by atoms with Crippen LogP contribution in [0, 0.1) is 0 Å². The lowest BCUT2D eigenvalue weighted by Crippen LogP contribution is -2.07. The summed E-state index contributed by atoms with van der Waals surface area (Å²) in [5.41, 5.74) is 4.22. The minimum Gasteiger partial charge on any atom is -0.612 e. The standard InChI is InChI=1S/C18H18N6OS/c1-23-10-19-16-17(20-12-6-7-12)21-15-9-14(22-24(15)18(16)23)11-4-3-5-13(8-11)26(2)25/h3-5,8-10,12H,6-7H2,1-2H3,(H,20,21). The van der Waals surface area contributed by atoms with Crippen LogP contribution in [0.4, 0.5) is 5.82 Å². The Morgan fingerprint density at radius 1 is 1.27 bits per heavy atom. The molecule has 1 fully saturated rings. The van der Waals surface area contributed by atoms with Crippen molar-refractivity contribution in [3.05, 3.63) is 36.7 Å². The van der Waals surface area contributed by atoms with Crippen LogP contribution in [0.25, 0.3) is 28.1 Å². The van der Waals surface area contributed by atoms with E-state index in [9.17, 15) is 4.55 Å². The fraction of sp³-hybridized carbons (Fsp3) is 0.278. The summed E-state index contributed by atoms with van der Waals surface area (Å²) in [6.07, 6.45) is 5.81. The van der Waals surface area contributed by atoms with Crippen LogP contribution in [0.1, 0.15) is 12.8 Å². The van der Waals surface area contributed by atoms with Gasteiger partial charge < -0.3 is 14.4 Å². The van der Waals surface area contributed by atoms with Crippen molar-refractivity contribution in [3.63, 3.8) is 0 Å². The quantitative estimate of drug-likeness (QED) is 0.561. The molecule has 3 aromatic heterocycles. The lowest BCUT2D eigenvalue weighted by molar-refractivity contribution is 0.601. The van der Waals surface area contributed by atoms with E-state index < -0.39 is 11.2 Å². The van der Waals surface area contributed by atoms with Crippen molar-refractivity contribution in [1.29, 1.82) is 0 Å². The van der Waals surface area contributed by atoms with Crippen LogP contribution in [0.5, 0.6) is 0 Å². The van der Waals surface area contributed by atoms with Crippen molar-refractivity contribution in [2.24, 2.45) is 7.05 Å². The Kier molecular flexibility index (Phi) is 3.44. The van der Waals surface area contributed by atoms with Crippen molar-refractivity contribution in [2.75, 3.05) is 11.6 Å². The van der Waals surface area contributed by atoms with Crippen LogP contribution in [0.15, 0.2) is 41.6 Å². The average molecular weight is 366 g/mol. The summed E-state index contributed by atoms with van der Waals surface area (Å²) in [7, 11) is 1.96. The second kappa shape index (κ2) is 5.72. The maximum atomic E-state index is 11.8. The number of anilines is 1. The number of hydrogen-bond donors (Lipinski definition) is 1. The zero-order valence-electron chi connectivity index (χ0n) is 14.5. The van der Waals surface area contributed by atoms with Crippen LogP contribution >= 0.6 is 0 Å². The SMILES string of the molecule is Cn1cnc2c(NC3CC3)nc3cc(-c4cccc([S+](C)[O-])c4)nn3c21. The molecule has 0 spiro atoms. The van der Waals surface area contributed by atoms with E-state index in [-0.39, 0.29) is 0 Å². The Hall–Kier alpha value is -2.58. The van der Waals surface area contributed by atoms with E-state index in [0.717, 1.165) is 38.8 Å². The highest BCUT2D eigenvalue weighted by Gasteiger charge is 2.24. The van der Waals surface area contributed by atoms with E-state index in [0.29, 0.717) is 6.04 Å². The molecule has 3 heterocycles. The summed E-state index contributed by atoms with van der Waals surface area (Å²) in [4.78, 5) is 10.0. The summed E-state index contributed by atoms with van der Waals surface area (Å²) < 4.78 is 15.6. The number of nitrogens with one attached hydrogen (secondary N) is 1. The zero-order chi connectivity index (χ0) is 17.8. The first-order chi connectivity index (χ1) is 12.6. The van der Waals surface area contributed by atoms with Gasteiger partial charge >= 0.3 is 0 Å². The summed E-state index contributed by atoms with van der Waals surface area (Å²) in [6.45, 7) is 0. The predicted molar refractivity (Wildman–Crippen MR) is 102 cm³/mol. The normalized spacial score (nSPS) is 15.7. The van der Waals surface area contributed by atoms with Gasteiger partial charge in [-0.15, -0.1) is 0 Å². The first-order valence-corrected chi connectivity index (χ1v) is 10.1. The molecule has 8 heteroatoms. The number of aromatic nitrogens is 5. The highest BCUT2D eigenvalue weighted by molar-refractivity contribution is 7.90. The molecule has 26 heavy (non-hydrogen) atoms. The monoisotopic (exact) mass is 366 g/mol. The number of imidazole rings is 1. The molecule has 0 saturated heterocycles. The van der Waals surface area contributed by atoms with Gasteiger partial charge in [0.05, 0.1) is 12.0 Å². The summed E-state index contributed by atoms with van der Waals surface area (Å²) in [6, 6.07) is 10.1. The van der Waals surface area contributed by atoms with Gasteiger partial charge in [-0.2, -0.15) is 9.61 Å². The third kappa shape index (κ3) is 2.53. The number of hydrogen-bond acceptors (Lipinski definition) is 5. The van der Waals surface area contributed by atoms with E-state index in [4.69, 9.17) is 10.1 Å². The molecule has 1 unspecified atom stereocenters. The molecular formula is C18H18N6OS. The molecule has 0 bridgehead atoms. The van der Waals surface area contributed by atoms with Crippen LogP contribution in [0.3, 0.4) is 0 Å². The molecule has 132 valence electrons. The zero-order valence-corrected chi connectivity index (χ0v) is 15.3. The highest BCUT2D eigenvalue weighted by atomic mass is 32.2. The average Bonchev–Trinajstić information content (AvgIpc) is 3.21. The van der Waals surface area contributed by atoms with Crippen LogP contribution < -0.4 is 5.32 Å². The van der Waals surface area contributed by atoms with E-state index in [1.54, 1.807) is 12.6 Å². The van der Waals surface area contributed by atoms with Gasteiger partial charge in [-0.3, -0.25) is 0 Å². The highest BCUT2D eigenvalue weighted by Crippen LogP contribution is 2.30. The van der Waals surface area contributed by atoms with Crippen molar-refractivity contribution in [3.8, 4) is 11.3 Å². The predicted octanol–water partition coefficient (Wildman–Crippen LogP) is 2.59. The summed E-state index contributed by atoms with van der Waals surface area (Å²) in [5, 5.41) is 8.22. The first-order valence-electron chi connectivity index (χ1n) is 8.51. The summed E-state index contributed by atoms with van der Waals surface area (Å²) >= 11 is -1.03. The molecule has 0 aliphatic heterocycles. The maximum Gasteiger partial charge on any atom is 0.167 e. The first kappa shape index (κ1) is 15.7. The van der Waals surface area contributed by atoms with Gasteiger partial charge in [0.2, 0.25) is 0 Å². The fourth-order valence-corrected chi connectivity index (χ4v) is 3.67. The van der Waals surface area contributed by atoms with Gasteiger partial charge in [0, 0.05) is 30.8 Å². The molecule has 7 nitrogen and oxygen atoms in total. The molecule has 1 aliphatic rings. The number of rotatable bonds is 4. The fourth-order valence-electron chi connectivity index (χ4n) is 3.11. The minimum absolute atomic E-state index is 0.494. The van der Waals surface area contributed by atoms with Crippen molar-refractivity contribution in [1.82, 2.24) is 24.1 Å². The number of fused-ring (bicyclic) bond motifs is 3. The van der Waals surface area contributed by atoms with Gasteiger partial charge in [-0.1, -0.05) is 12.1 Å². The van der Waals surface area contributed by atoms with Gasteiger partial charge in [-0.05, 0) is 30.1 Å². The van der Waals surface area contributed by atoms with Crippen LogP contribution in [-0.2, 0) is 18.2 Å². The Balaban J connectivity index is 1.70. The Labute approximate surface area is 153 Å². The molecular weight excluding hydrogens is 348 g/mol. The molecule has 1 aliphatic carbocycles. The molecule has 1 aromatic carbocycles. The minimum atomic E-state index is -1.03. The second-order valence-corrected chi connectivity index (χ2v) is 8.07. The Morgan fingerprint density at radius 3 is 2.88 bits per heavy atom. The van der Waals surface area contributed by atoms with Crippen molar-refractivity contribution >= 4 is 33.8 Å². The van der Waals surface area contributed by atoms with Crippen molar-refractivity contribution in [2.45, 2.75) is 23.8 Å². The van der Waals surface area contributed by atoms with Crippen LogP contribution in [0.2, 0.25) is 0 Å². The molecule has 0 radical (unpaired) electrons. The third-order valence-corrected chi connectivity index (χ3v) is 5.55. The molecule has 0 amide bonds. The van der Waals surface area contributed by atoms with Gasteiger partial charge in [0.25, 0.3) is 0 Å².